The summed E-state index contributed by atoms with van der Waals surface area (Å²) in [5.74, 6) is 0.130. The first-order valence-corrected chi connectivity index (χ1v) is 5.88. The van der Waals surface area contributed by atoms with Crippen molar-refractivity contribution < 1.29 is 14.3 Å². The number of carbonyl (C=O) groups excluding carboxylic acids is 2. The van der Waals surface area contributed by atoms with Crippen LogP contribution in [-0.2, 0) is 9.53 Å². The Kier molecular flexibility index (Phi) is 4.33. The number of ether oxygens (including phenoxy) is 1. The van der Waals surface area contributed by atoms with E-state index in [-0.39, 0.29) is 18.4 Å². The summed E-state index contributed by atoms with van der Waals surface area (Å²) in [6.45, 7) is 6.32. The topological polar surface area (TPSA) is 46.6 Å². The van der Waals surface area contributed by atoms with Crippen LogP contribution in [0, 0.1) is 0 Å². The molecule has 0 spiro atoms. The summed E-state index contributed by atoms with van der Waals surface area (Å²) < 4.78 is 5.26. The van der Waals surface area contributed by atoms with Gasteiger partial charge in [0.25, 0.3) is 0 Å². The van der Waals surface area contributed by atoms with Crippen LogP contribution >= 0.6 is 0 Å². The molecule has 0 atom stereocenters. The Hall–Kier alpha value is -1.06. The molecule has 1 rings (SSSR count). The molecule has 4 heteroatoms. The van der Waals surface area contributed by atoms with Crippen LogP contribution in [0.15, 0.2) is 0 Å². The van der Waals surface area contributed by atoms with Gasteiger partial charge in [0.15, 0.2) is 5.78 Å². The van der Waals surface area contributed by atoms with Gasteiger partial charge >= 0.3 is 6.09 Å². The molecule has 0 aliphatic carbocycles. The Morgan fingerprint density at radius 2 is 1.94 bits per heavy atom. The summed E-state index contributed by atoms with van der Waals surface area (Å²) in [7, 11) is 0. The molecule has 1 aliphatic heterocycles. The van der Waals surface area contributed by atoms with Crippen LogP contribution in [0.25, 0.3) is 0 Å². The Labute approximate surface area is 96.9 Å². The number of hydrogen-bond donors (Lipinski definition) is 0. The highest BCUT2D eigenvalue weighted by atomic mass is 16.6. The smallest absolute Gasteiger partial charge is 0.410 e. The summed E-state index contributed by atoms with van der Waals surface area (Å²) in [5.41, 5.74) is -0.498. The lowest BCUT2D eigenvalue weighted by Gasteiger charge is -2.28. The first-order chi connectivity index (χ1) is 7.38. The van der Waals surface area contributed by atoms with Crippen molar-refractivity contribution in [2.24, 2.45) is 0 Å². The van der Waals surface area contributed by atoms with Gasteiger partial charge in [-0.05, 0) is 33.6 Å². The third-order valence-electron chi connectivity index (χ3n) is 2.40. The molecule has 0 radical (unpaired) electrons. The van der Waals surface area contributed by atoms with Crippen LogP contribution in [0.5, 0.6) is 0 Å². The van der Waals surface area contributed by atoms with E-state index in [1.165, 1.54) is 4.90 Å². The van der Waals surface area contributed by atoms with E-state index in [4.69, 9.17) is 4.74 Å². The van der Waals surface area contributed by atoms with Crippen molar-refractivity contribution in [1.82, 2.24) is 4.90 Å². The zero-order valence-corrected chi connectivity index (χ0v) is 10.4. The molecule has 1 heterocycles. The lowest BCUT2D eigenvalue weighted by molar-refractivity contribution is -0.120. The summed E-state index contributed by atoms with van der Waals surface area (Å²) >= 11 is 0. The van der Waals surface area contributed by atoms with Crippen LogP contribution in [-0.4, -0.2) is 35.5 Å². The Bertz CT molecular complexity index is 268. The largest absolute Gasteiger partial charge is 0.444 e. The maximum atomic E-state index is 11.8. The van der Waals surface area contributed by atoms with E-state index in [1.807, 2.05) is 20.8 Å². The molecule has 0 N–H and O–H groups in total. The zero-order chi connectivity index (χ0) is 12.2. The fourth-order valence-electron chi connectivity index (χ4n) is 1.65. The highest BCUT2D eigenvalue weighted by Gasteiger charge is 2.24. The maximum Gasteiger partial charge on any atom is 0.410 e. The maximum absolute atomic E-state index is 11.8. The molecule has 1 fully saturated rings. The fraction of sp³-hybridized carbons (Fsp3) is 0.833. The molecule has 0 aromatic rings. The number of carbonyl (C=O) groups is 2. The second kappa shape index (κ2) is 5.32. The predicted octanol–water partition coefficient (Wildman–Crippen LogP) is 2.37. The number of rotatable bonds is 0. The van der Waals surface area contributed by atoms with Gasteiger partial charge in [-0.25, -0.2) is 4.79 Å². The van der Waals surface area contributed by atoms with Crippen molar-refractivity contribution in [3.05, 3.63) is 0 Å². The molecule has 92 valence electrons. The molecular weight excluding hydrogens is 206 g/mol. The van der Waals surface area contributed by atoms with E-state index >= 15 is 0 Å². The van der Waals surface area contributed by atoms with Crippen molar-refractivity contribution >= 4 is 11.9 Å². The van der Waals surface area contributed by atoms with Crippen molar-refractivity contribution in [2.75, 3.05) is 13.1 Å². The quantitative estimate of drug-likeness (QED) is 0.638. The summed E-state index contributed by atoms with van der Waals surface area (Å²) in [5, 5.41) is 0. The minimum atomic E-state index is -0.498. The van der Waals surface area contributed by atoms with Gasteiger partial charge in [-0.3, -0.25) is 4.79 Å². The molecule has 0 unspecified atom stereocenters. The van der Waals surface area contributed by atoms with E-state index < -0.39 is 5.60 Å². The highest BCUT2D eigenvalue weighted by molar-refractivity contribution is 5.84. The average molecular weight is 227 g/mol. The van der Waals surface area contributed by atoms with E-state index in [0.29, 0.717) is 13.0 Å². The molecule has 16 heavy (non-hydrogen) atoms. The van der Waals surface area contributed by atoms with Crippen LogP contribution in [0.4, 0.5) is 4.79 Å². The van der Waals surface area contributed by atoms with Gasteiger partial charge in [0.2, 0.25) is 0 Å². The highest BCUT2D eigenvalue weighted by Crippen LogP contribution is 2.13. The summed E-state index contributed by atoms with van der Waals surface area (Å²) in [4.78, 5) is 24.8. The lowest BCUT2D eigenvalue weighted by atomic mass is 10.1. The predicted molar refractivity (Wildman–Crippen MR) is 61.3 cm³/mol. The number of amides is 1. The van der Waals surface area contributed by atoms with Crippen molar-refractivity contribution in [1.29, 1.82) is 0 Å². The average Bonchev–Trinajstić information content (AvgIpc) is 2.07. The molecule has 4 nitrogen and oxygen atoms in total. The van der Waals surface area contributed by atoms with Crippen LogP contribution in [0.2, 0.25) is 0 Å². The van der Waals surface area contributed by atoms with Crippen molar-refractivity contribution in [3.8, 4) is 0 Å². The first-order valence-electron chi connectivity index (χ1n) is 5.88. The third kappa shape index (κ3) is 4.64. The Morgan fingerprint density at radius 1 is 1.25 bits per heavy atom. The number of likely N-dealkylation sites (tertiary alicyclic amines) is 1. The van der Waals surface area contributed by atoms with Gasteiger partial charge in [0.05, 0.1) is 6.54 Å². The van der Waals surface area contributed by atoms with Crippen LogP contribution in [0.3, 0.4) is 0 Å². The molecule has 1 aliphatic rings. The minimum absolute atomic E-state index is 0.130. The second-order valence-electron chi connectivity index (χ2n) is 5.25. The number of nitrogens with zero attached hydrogens (tertiary/aromatic N) is 1. The monoisotopic (exact) mass is 227 g/mol. The van der Waals surface area contributed by atoms with Crippen molar-refractivity contribution in [2.45, 2.75) is 52.1 Å². The van der Waals surface area contributed by atoms with Gasteiger partial charge in [-0.1, -0.05) is 6.42 Å². The minimum Gasteiger partial charge on any atom is -0.444 e. The number of Topliss-reactive ketones (excluding diaryl/α,β-unsaturated/α-hetero) is 1. The SMILES string of the molecule is CC(C)(C)OC(=O)N1CCCCCC(=O)C1. The third-order valence-corrected chi connectivity index (χ3v) is 2.40. The number of hydrogen-bond acceptors (Lipinski definition) is 3. The van der Waals surface area contributed by atoms with E-state index in [1.54, 1.807) is 0 Å². The van der Waals surface area contributed by atoms with Gasteiger partial charge in [0, 0.05) is 13.0 Å². The lowest BCUT2D eigenvalue weighted by Crippen LogP contribution is -2.41. The molecule has 0 aromatic carbocycles. The van der Waals surface area contributed by atoms with E-state index in [9.17, 15) is 9.59 Å². The first kappa shape index (κ1) is 13.0. The second-order valence-corrected chi connectivity index (χ2v) is 5.25. The summed E-state index contributed by atoms with van der Waals surface area (Å²) in [6.07, 6.45) is 3.11. The van der Waals surface area contributed by atoms with Crippen LogP contribution < -0.4 is 0 Å². The summed E-state index contributed by atoms with van der Waals surface area (Å²) in [6, 6.07) is 0. The molecule has 1 amide bonds. The Balaban J connectivity index is 2.55. The van der Waals surface area contributed by atoms with Gasteiger partial charge in [-0.2, -0.15) is 0 Å². The fourth-order valence-corrected chi connectivity index (χ4v) is 1.65. The molecule has 0 bridgehead atoms. The van der Waals surface area contributed by atoms with Gasteiger partial charge < -0.3 is 9.64 Å². The van der Waals surface area contributed by atoms with E-state index in [0.717, 1.165) is 19.3 Å². The molecular formula is C12H21NO3. The molecule has 1 saturated heterocycles. The zero-order valence-electron chi connectivity index (χ0n) is 10.4. The Morgan fingerprint density at radius 3 is 2.56 bits per heavy atom. The van der Waals surface area contributed by atoms with E-state index in [2.05, 4.69) is 0 Å². The number of ketones is 1. The van der Waals surface area contributed by atoms with Gasteiger partial charge in [-0.15, -0.1) is 0 Å². The molecule has 0 saturated carbocycles. The van der Waals surface area contributed by atoms with Crippen LogP contribution in [0.1, 0.15) is 46.5 Å². The molecule has 0 aromatic heterocycles. The van der Waals surface area contributed by atoms with Crippen molar-refractivity contribution in [3.63, 3.8) is 0 Å². The normalized spacial score (nSPS) is 18.9. The van der Waals surface area contributed by atoms with Gasteiger partial charge in [0.1, 0.15) is 5.60 Å². The standard InChI is InChI=1S/C12H21NO3/c1-12(2,3)16-11(15)13-8-6-4-5-7-10(14)9-13/h4-9H2,1-3H3.